The molecule has 0 aliphatic heterocycles. The van der Waals surface area contributed by atoms with Crippen LogP contribution >= 0.6 is 0 Å². The molecule has 0 radical (unpaired) electrons. The van der Waals surface area contributed by atoms with Gasteiger partial charge in [0.15, 0.2) is 0 Å². The molecule has 14 nitrogen and oxygen atoms in total. The Morgan fingerprint density at radius 3 is 2.13 bits per heavy atom. The molecule has 0 aliphatic carbocycles. The number of nitrogens with zero attached hydrogens (tertiary/aromatic N) is 1. The number of rotatable bonds is 16. The van der Waals surface area contributed by atoms with Gasteiger partial charge in [-0.25, -0.2) is 9.78 Å². The van der Waals surface area contributed by atoms with Crippen molar-refractivity contribution < 1.29 is 34.2 Å². The number of carbonyl (C=O) groups is 5. The highest BCUT2D eigenvalue weighted by Gasteiger charge is 2.31. The highest BCUT2D eigenvalue weighted by Crippen LogP contribution is 2.19. The van der Waals surface area contributed by atoms with Gasteiger partial charge in [-0.05, 0) is 23.6 Å². The SMILES string of the molecule is NC(Cc1cnc[nH]1)C(=O)NC(CCC(=O)O)C(=O)NC(Cc1ccccc1)C(=O)NC(Cc1c[nH]c2ccccc12)C(=O)O. The van der Waals surface area contributed by atoms with Crippen LogP contribution in [0, 0.1) is 0 Å². The fraction of sp³-hybridized carbons (Fsp3) is 0.290. The summed E-state index contributed by atoms with van der Waals surface area (Å²) in [5.41, 5.74) is 8.77. The lowest BCUT2D eigenvalue weighted by Gasteiger charge is -2.25. The van der Waals surface area contributed by atoms with Crippen molar-refractivity contribution in [2.75, 3.05) is 0 Å². The van der Waals surface area contributed by atoms with Crippen LogP contribution in [0.25, 0.3) is 10.9 Å². The average molecular weight is 618 g/mol. The van der Waals surface area contributed by atoms with Crippen molar-refractivity contribution >= 4 is 40.6 Å². The smallest absolute Gasteiger partial charge is 0.326 e. The Bertz CT molecular complexity index is 1620. The summed E-state index contributed by atoms with van der Waals surface area (Å²) < 4.78 is 0. The van der Waals surface area contributed by atoms with E-state index in [1.165, 1.54) is 12.5 Å². The van der Waals surface area contributed by atoms with Crippen molar-refractivity contribution in [2.45, 2.75) is 56.3 Å². The zero-order chi connectivity index (χ0) is 32.3. The summed E-state index contributed by atoms with van der Waals surface area (Å²) in [6.45, 7) is 0. The molecule has 0 aliphatic rings. The van der Waals surface area contributed by atoms with Crippen molar-refractivity contribution in [1.82, 2.24) is 30.9 Å². The predicted molar refractivity (Wildman–Crippen MR) is 163 cm³/mol. The molecule has 4 atom stereocenters. The minimum atomic E-state index is -1.34. The van der Waals surface area contributed by atoms with Gasteiger partial charge in [0.1, 0.15) is 18.1 Å². The second-order valence-electron chi connectivity index (χ2n) is 10.6. The molecule has 2 aromatic heterocycles. The number of fused-ring (bicyclic) bond motifs is 1. The summed E-state index contributed by atoms with van der Waals surface area (Å²) in [6, 6.07) is 11.1. The van der Waals surface area contributed by atoms with Gasteiger partial charge in [0, 0.05) is 54.7 Å². The molecule has 4 rings (SSSR count). The first-order valence-corrected chi connectivity index (χ1v) is 14.3. The Morgan fingerprint density at radius 1 is 0.778 bits per heavy atom. The third-order valence-electron chi connectivity index (χ3n) is 7.24. The maximum Gasteiger partial charge on any atom is 0.326 e. The number of aromatic nitrogens is 3. The van der Waals surface area contributed by atoms with E-state index in [1.807, 2.05) is 24.3 Å². The van der Waals surface area contributed by atoms with E-state index in [9.17, 15) is 34.2 Å². The van der Waals surface area contributed by atoms with E-state index in [1.54, 1.807) is 36.5 Å². The van der Waals surface area contributed by atoms with Crippen molar-refractivity contribution in [2.24, 2.45) is 5.73 Å². The molecule has 2 aromatic carbocycles. The predicted octanol–water partition coefficient (Wildman–Crippen LogP) is 0.650. The van der Waals surface area contributed by atoms with Gasteiger partial charge in [-0.2, -0.15) is 0 Å². The standard InChI is InChI=1S/C31H35N7O7/c32-22(14-20-16-33-17-35-20)28(41)36-24(10-11-27(39)40)29(42)37-25(12-18-6-2-1-3-7-18)30(43)38-26(31(44)45)13-19-15-34-23-9-5-4-8-21(19)23/h1-9,15-17,22,24-26,34H,10-14,32H2,(H,33,35)(H,36,41)(H,37,42)(H,38,43)(H,39,40)(H,44,45). The van der Waals surface area contributed by atoms with Gasteiger partial charge in [0.25, 0.3) is 0 Å². The third kappa shape index (κ3) is 9.24. The molecule has 0 bridgehead atoms. The van der Waals surface area contributed by atoms with E-state index in [-0.39, 0.29) is 25.7 Å². The Labute approximate surface area is 257 Å². The molecule has 14 heteroatoms. The number of carboxylic acid groups (broad SMARTS) is 2. The number of nitrogens with two attached hydrogens (primary N) is 1. The second-order valence-corrected chi connectivity index (χ2v) is 10.6. The number of amides is 3. The van der Waals surface area contributed by atoms with Crippen LogP contribution in [0.4, 0.5) is 0 Å². The van der Waals surface area contributed by atoms with Crippen molar-refractivity contribution in [3.63, 3.8) is 0 Å². The summed E-state index contributed by atoms with van der Waals surface area (Å²) in [5, 5.41) is 27.7. The maximum atomic E-state index is 13.6. The number of carbonyl (C=O) groups excluding carboxylic acids is 3. The molecule has 2 heterocycles. The van der Waals surface area contributed by atoms with Crippen molar-refractivity contribution in [3.05, 3.63) is 90.1 Å². The van der Waals surface area contributed by atoms with Crippen LogP contribution in [0.2, 0.25) is 0 Å². The fourth-order valence-corrected chi connectivity index (χ4v) is 4.87. The van der Waals surface area contributed by atoms with E-state index in [4.69, 9.17) is 5.73 Å². The summed E-state index contributed by atoms with van der Waals surface area (Å²) in [5.74, 6) is -4.75. The Hall–Kier alpha value is -5.50. The molecular weight excluding hydrogens is 582 g/mol. The first-order valence-electron chi connectivity index (χ1n) is 14.3. The molecule has 45 heavy (non-hydrogen) atoms. The van der Waals surface area contributed by atoms with E-state index in [0.717, 1.165) is 10.9 Å². The molecule has 0 saturated heterocycles. The molecule has 0 saturated carbocycles. The topological polar surface area (TPSA) is 232 Å². The number of para-hydroxylation sites is 1. The van der Waals surface area contributed by atoms with Gasteiger partial charge in [-0.15, -0.1) is 0 Å². The highest BCUT2D eigenvalue weighted by molar-refractivity contribution is 5.94. The first-order chi connectivity index (χ1) is 21.6. The van der Waals surface area contributed by atoms with E-state index in [0.29, 0.717) is 16.8 Å². The molecule has 0 spiro atoms. The van der Waals surface area contributed by atoms with Crippen LogP contribution in [0.3, 0.4) is 0 Å². The Balaban J connectivity index is 1.51. The molecular formula is C31H35N7O7. The Morgan fingerprint density at radius 2 is 1.44 bits per heavy atom. The molecule has 236 valence electrons. The molecule has 4 aromatic rings. The lowest BCUT2D eigenvalue weighted by molar-refractivity contribution is -0.142. The van der Waals surface area contributed by atoms with Crippen molar-refractivity contribution in [1.29, 1.82) is 0 Å². The Kier molecular flexibility index (Phi) is 11.0. The zero-order valence-electron chi connectivity index (χ0n) is 24.2. The van der Waals surface area contributed by atoms with E-state index >= 15 is 0 Å². The first kappa shape index (κ1) is 32.4. The lowest BCUT2D eigenvalue weighted by Crippen LogP contribution is -2.58. The lowest BCUT2D eigenvalue weighted by atomic mass is 10.0. The monoisotopic (exact) mass is 617 g/mol. The van der Waals surface area contributed by atoms with Gasteiger partial charge in [-0.1, -0.05) is 48.5 Å². The quantitative estimate of drug-likeness (QED) is 0.0880. The van der Waals surface area contributed by atoms with Crippen LogP contribution in [0.15, 0.2) is 73.3 Å². The van der Waals surface area contributed by atoms with Crippen LogP contribution in [0.5, 0.6) is 0 Å². The number of benzene rings is 2. The number of H-pyrrole nitrogens is 2. The average Bonchev–Trinajstić information content (AvgIpc) is 3.68. The minimum absolute atomic E-state index is 0.00320. The van der Waals surface area contributed by atoms with E-state index in [2.05, 4.69) is 30.9 Å². The van der Waals surface area contributed by atoms with Crippen LogP contribution in [0.1, 0.15) is 29.7 Å². The van der Waals surface area contributed by atoms with Gasteiger partial charge < -0.3 is 41.9 Å². The third-order valence-corrected chi connectivity index (χ3v) is 7.24. The molecule has 4 unspecified atom stereocenters. The minimum Gasteiger partial charge on any atom is -0.481 e. The number of carboxylic acids is 2. The van der Waals surface area contributed by atoms with Gasteiger partial charge in [0.2, 0.25) is 17.7 Å². The number of hydrogen-bond donors (Lipinski definition) is 8. The fourth-order valence-electron chi connectivity index (χ4n) is 4.87. The molecule has 3 amide bonds. The summed E-state index contributed by atoms with van der Waals surface area (Å²) in [6.07, 6.45) is 3.94. The number of hydrogen-bond acceptors (Lipinski definition) is 7. The summed E-state index contributed by atoms with van der Waals surface area (Å²) >= 11 is 0. The summed E-state index contributed by atoms with van der Waals surface area (Å²) in [7, 11) is 0. The van der Waals surface area contributed by atoms with Crippen LogP contribution < -0.4 is 21.7 Å². The number of aliphatic carboxylic acids is 2. The largest absolute Gasteiger partial charge is 0.481 e. The number of nitrogens with one attached hydrogen (secondary N) is 5. The summed E-state index contributed by atoms with van der Waals surface area (Å²) in [4.78, 5) is 73.3. The number of imidazole rings is 1. The number of aromatic amines is 2. The van der Waals surface area contributed by atoms with Crippen LogP contribution in [-0.4, -0.2) is 79.0 Å². The normalized spacial score (nSPS) is 13.7. The molecule has 9 N–H and O–H groups in total. The van der Waals surface area contributed by atoms with Crippen molar-refractivity contribution in [3.8, 4) is 0 Å². The van der Waals surface area contributed by atoms with Gasteiger partial charge in [0.05, 0.1) is 12.4 Å². The van der Waals surface area contributed by atoms with Gasteiger partial charge in [-0.3, -0.25) is 19.2 Å². The molecule has 0 fully saturated rings. The maximum absolute atomic E-state index is 13.6. The second kappa shape index (κ2) is 15.3. The highest BCUT2D eigenvalue weighted by atomic mass is 16.4. The van der Waals surface area contributed by atoms with E-state index < -0.39 is 60.2 Å². The van der Waals surface area contributed by atoms with Crippen LogP contribution in [-0.2, 0) is 43.2 Å². The zero-order valence-corrected chi connectivity index (χ0v) is 24.2. The van der Waals surface area contributed by atoms with Gasteiger partial charge >= 0.3 is 11.9 Å².